The predicted molar refractivity (Wildman–Crippen MR) is 103 cm³/mol. The van der Waals surface area contributed by atoms with Crippen molar-refractivity contribution >= 4 is 5.97 Å². The number of halogens is 1. The van der Waals surface area contributed by atoms with Crippen molar-refractivity contribution in [2.75, 3.05) is 19.7 Å². The van der Waals surface area contributed by atoms with Gasteiger partial charge in [0.15, 0.2) is 0 Å². The van der Waals surface area contributed by atoms with Crippen molar-refractivity contribution in [3.8, 4) is 0 Å². The molecule has 1 aliphatic heterocycles. The fourth-order valence-electron chi connectivity index (χ4n) is 3.96. The summed E-state index contributed by atoms with van der Waals surface area (Å²) in [6.45, 7) is 1.74. The number of rotatable bonds is 7. The Kier molecular flexibility index (Phi) is 6.44. The second kappa shape index (κ2) is 8.82. The first-order valence-electron chi connectivity index (χ1n) is 9.45. The Balaban J connectivity index is 1.69. The lowest BCUT2D eigenvalue weighted by atomic mass is 9.73. The van der Waals surface area contributed by atoms with Crippen molar-refractivity contribution in [1.29, 1.82) is 0 Å². The van der Waals surface area contributed by atoms with E-state index in [-0.39, 0.29) is 18.8 Å². The Bertz CT molecular complexity index is 793. The van der Waals surface area contributed by atoms with Gasteiger partial charge in [0.2, 0.25) is 0 Å². The van der Waals surface area contributed by atoms with Crippen molar-refractivity contribution in [2.45, 2.75) is 31.9 Å². The largest absolute Gasteiger partial charge is 0.481 e. The summed E-state index contributed by atoms with van der Waals surface area (Å²) >= 11 is 0. The van der Waals surface area contributed by atoms with Gasteiger partial charge < -0.3 is 15.3 Å². The molecule has 6 heteroatoms. The molecular formula is C22H26FNO4. The Morgan fingerprint density at radius 2 is 1.68 bits per heavy atom. The normalized spacial score (nSPS) is 22.9. The average Bonchev–Trinajstić information content (AvgIpc) is 2.67. The fraction of sp³-hybridized carbons (Fsp3) is 0.409. The van der Waals surface area contributed by atoms with Crippen LogP contribution in [0.1, 0.15) is 23.1 Å². The van der Waals surface area contributed by atoms with Gasteiger partial charge >= 0.3 is 5.97 Å². The number of carboxylic acids is 1. The van der Waals surface area contributed by atoms with E-state index in [1.165, 1.54) is 12.1 Å². The van der Waals surface area contributed by atoms with Crippen LogP contribution >= 0.6 is 0 Å². The lowest BCUT2D eigenvalue weighted by Gasteiger charge is -2.45. The number of aliphatic hydroxyl groups is 2. The monoisotopic (exact) mass is 387 g/mol. The van der Waals surface area contributed by atoms with Crippen molar-refractivity contribution in [3.63, 3.8) is 0 Å². The number of benzene rings is 2. The highest BCUT2D eigenvalue weighted by atomic mass is 19.1. The molecule has 1 fully saturated rings. The third-order valence-electron chi connectivity index (χ3n) is 5.53. The molecule has 0 spiro atoms. The van der Waals surface area contributed by atoms with Crippen LogP contribution in [0.2, 0.25) is 0 Å². The SMILES string of the molecule is O=C(O)Cc1ccc(CN2CC[C@H](O)[C@@](CO)(Cc3ccc(F)cc3)C2)cc1. The van der Waals surface area contributed by atoms with Gasteiger partial charge in [-0.15, -0.1) is 0 Å². The molecule has 0 aromatic heterocycles. The number of hydrogen-bond donors (Lipinski definition) is 3. The molecule has 150 valence electrons. The summed E-state index contributed by atoms with van der Waals surface area (Å²) < 4.78 is 13.2. The van der Waals surface area contributed by atoms with Gasteiger partial charge in [-0.1, -0.05) is 36.4 Å². The molecule has 3 rings (SSSR count). The highest BCUT2D eigenvalue weighted by Crippen LogP contribution is 2.34. The van der Waals surface area contributed by atoms with E-state index in [2.05, 4.69) is 4.90 Å². The highest BCUT2D eigenvalue weighted by molar-refractivity contribution is 5.70. The van der Waals surface area contributed by atoms with Gasteiger partial charge in [0, 0.05) is 25.0 Å². The molecule has 2 aromatic carbocycles. The van der Waals surface area contributed by atoms with Crippen LogP contribution in [0.3, 0.4) is 0 Å². The van der Waals surface area contributed by atoms with Crippen molar-refractivity contribution in [2.24, 2.45) is 5.41 Å². The second-order valence-corrected chi connectivity index (χ2v) is 7.73. The van der Waals surface area contributed by atoms with Gasteiger partial charge in [-0.05, 0) is 41.7 Å². The maximum Gasteiger partial charge on any atom is 0.307 e. The van der Waals surface area contributed by atoms with Crippen LogP contribution in [0.15, 0.2) is 48.5 Å². The van der Waals surface area contributed by atoms with E-state index in [0.717, 1.165) is 16.7 Å². The molecule has 5 nitrogen and oxygen atoms in total. The predicted octanol–water partition coefficient (Wildman–Crippen LogP) is 2.24. The standard InChI is InChI=1S/C22H26FNO4/c23-19-7-5-17(6-8-19)12-22(15-25)14-24(10-9-20(22)26)13-18-3-1-16(2-4-18)11-21(27)28/h1-8,20,25-26H,9-15H2,(H,27,28)/t20-,22-/m0/s1. The molecule has 0 bridgehead atoms. The van der Waals surface area contributed by atoms with E-state index in [0.29, 0.717) is 32.5 Å². The topological polar surface area (TPSA) is 81.0 Å². The fourth-order valence-corrected chi connectivity index (χ4v) is 3.96. The molecule has 28 heavy (non-hydrogen) atoms. The van der Waals surface area contributed by atoms with Gasteiger partial charge in [0.05, 0.1) is 19.1 Å². The van der Waals surface area contributed by atoms with E-state index < -0.39 is 17.5 Å². The molecule has 1 saturated heterocycles. The number of carboxylic acid groups (broad SMARTS) is 1. The molecule has 2 aromatic rings. The van der Waals surface area contributed by atoms with Crippen LogP contribution in [-0.2, 0) is 24.2 Å². The summed E-state index contributed by atoms with van der Waals surface area (Å²) in [6, 6.07) is 13.7. The molecular weight excluding hydrogens is 361 g/mol. The van der Waals surface area contributed by atoms with Gasteiger partial charge in [-0.3, -0.25) is 9.69 Å². The number of aliphatic hydroxyl groups excluding tert-OH is 2. The smallest absolute Gasteiger partial charge is 0.307 e. The van der Waals surface area contributed by atoms with Crippen molar-refractivity contribution in [3.05, 3.63) is 71.0 Å². The zero-order chi connectivity index (χ0) is 20.1. The molecule has 0 saturated carbocycles. The van der Waals surface area contributed by atoms with E-state index in [9.17, 15) is 19.4 Å². The third kappa shape index (κ3) is 4.95. The van der Waals surface area contributed by atoms with Crippen LogP contribution in [0, 0.1) is 11.2 Å². The van der Waals surface area contributed by atoms with Gasteiger partial charge in [-0.2, -0.15) is 0 Å². The second-order valence-electron chi connectivity index (χ2n) is 7.73. The van der Waals surface area contributed by atoms with Crippen LogP contribution in [0.5, 0.6) is 0 Å². The van der Waals surface area contributed by atoms with E-state index in [4.69, 9.17) is 5.11 Å². The number of hydrogen-bond acceptors (Lipinski definition) is 4. The third-order valence-corrected chi connectivity index (χ3v) is 5.53. The quantitative estimate of drug-likeness (QED) is 0.679. The molecule has 0 unspecified atom stereocenters. The van der Waals surface area contributed by atoms with Gasteiger partial charge in [-0.25, -0.2) is 4.39 Å². The highest BCUT2D eigenvalue weighted by Gasteiger charge is 2.42. The Morgan fingerprint density at radius 1 is 1.07 bits per heavy atom. The summed E-state index contributed by atoms with van der Waals surface area (Å²) in [4.78, 5) is 13.0. The lowest BCUT2D eigenvalue weighted by Crippen LogP contribution is -2.54. The van der Waals surface area contributed by atoms with E-state index >= 15 is 0 Å². The summed E-state index contributed by atoms with van der Waals surface area (Å²) in [5.74, 6) is -1.16. The van der Waals surface area contributed by atoms with Crippen LogP contribution < -0.4 is 0 Å². The van der Waals surface area contributed by atoms with Crippen molar-refractivity contribution < 1.29 is 24.5 Å². The Hall–Kier alpha value is -2.28. The zero-order valence-electron chi connectivity index (χ0n) is 15.7. The maximum atomic E-state index is 13.2. The first-order chi connectivity index (χ1) is 13.4. The van der Waals surface area contributed by atoms with E-state index in [1.807, 2.05) is 24.3 Å². The van der Waals surface area contributed by atoms with E-state index in [1.54, 1.807) is 12.1 Å². The molecule has 0 radical (unpaired) electrons. The Morgan fingerprint density at radius 3 is 2.29 bits per heavy atom. The first kappa shape index (κ1) is 20.5. The molecule has 3 N–H and O–H groups in total. The maximum absolute atomic E-state index is 13.2. The minimum atomic E-state index is -0.855. The molecule has 0 aliphatic carbocycles. The summed E-state index contributed by atoms with van der Waals surface area (Å²) in [5.41, 5.74) is 2.00. The summed E-state index contributed by atoms with van der Waals surface area (Å²) in [7, 11) is 0. The minimum absolute atomic E-state index is 0.00147. The molecule has 2 atom stereocenters. The number of carbonyl (C=O) groups is 1. The van der Waals surface area contributed by atoms with Crippen LogP contribution in [-0.4, -0.2) is 52.0 Å². The summed E-state index contributed by atoms with van der Waals surface area (Å²) in [5, 5.41) is 29.6. The number of piperidine rings is 1. The lowest BCUT2D eigenvalue weighted by molar-refractivity contribution is -0.136. The summed E-state index contributed by atoms with van der Waals surface area (Å²) in [6.07, 6.45) is 0.399. The number of likely N-dealkylation sites (tertiary alicyclic amines) is 1. The molecule has 1 heterocycles. The number of nitrogens with zero attached hydrogens (tertiary/aromatic N) is 1. The van der Waals surface area contributed by atoms with Crippen LogP contribution in [0.25, 0.3) is 0 Å². The van der Waals surface area contributed by atoms with Gasteiger partial charge in [0.1, 0.15) is 5.82 Å². The van der Waals surface area contributed by atoms with Gasteiger partial charge in [0.25, 0.3) is 0 Å². The molecule has 1 aliphatic rings. The van der Waals surface area contributed by atoms with Crippen molar-refractivity contribution in [1.82, 2.24) is 4.90 Å². The minimum Gasteiger partial charge on any atom is -0.481 e. The molecule has 0 amide bonds. The number of aliphatic carboxylic acids is 1. The Labute approximate surface area is 164 Å². The zero-order valence-corrected chi connectivity index (χ0v) is 15.7. The first-order valence-corrected chi connectivity index (χ1v) is 9.45. The van der Waals surface area contributed by atoms with Crippen LogP contribution in [0.4, 0.5) is 4.39 Å². The average molecular weight is 387 g/mol.